The molecule has 0 heterocycles. The summed E-state index contributed by atoms with van der Waals surface area (Å²) in [5, 5.41) is 4.34. The summed E-state index contributed by atoms with van der Waals surface area (Å²) < 4.78 is 11.5. The van der Waals surface area contributed by atoms with Crippen LogP contribution in [-0.2, 0) is 10.0 Å². The van der Waals surface area contributed by atoms with Crippen LogP contribution in [-0.4, -0.2) is 4.21 Å². The fraction of sp³-hybridized carbons (Fsp3) is 0. The van der Waals surface area contributed by atoms with Gasteiger partial charge in [-0.3, -0.25) is 0 Å². The van der Waals surface area contributed by atoms with E-state index >= 15 is 0 Å². The van der Waals surface area contributed by atoms with Crippen molar-refractivity contribution in [1.29, 1.82) is 0 Å². The first-order valence-corrected chi connectivity index (χ1v) is 7.23. The highest BCUT2D eigenvalue weighted by atomic mass is 35.7. The molecular formula is C14H9ClOS. The lowest BCUT2D eigenvalue weighted by molar-refractivity contribution is 0.691. The molecule has 3 heteroatoms. The van der Waals surface area contributed by atoms with E-state index < -0.39 is 10.0 Å². The number of halogens is 1. The van der Waals surface area contributed by atoms with Crippen molar-refractivity contribution in [3.63, 3.8) is 0 Å². The highest BCUT2D eigenvalue weighted by Gasteiger charge is 2.06. The van der Waals surface area contributed by atoms with Gasteiger partial charge in [0.25, 0.3) is 0 Å². The molecule has 3 rings (SSSR count). The normalized spacial score (nSPS) is 13.0. The molecule has 3 aromatic rings. The molecule has 0 aliphatic heterocycles. The van der Waals surface area contributed by atoms with Crippen molar-refractivity contribution in [1.82, 2.24) is 0 Å². The second-order valence-electron chi connectivity index (χ2n) is 3.90. The van der Waals surface area contributed by atoms with Crippen molar-refractivity contribution in [2.75, 3.05) is 0 Å². The van der Waals surface area contributed by atoms with E-state index in [1.807, 2.05) is 36.4 Å². The molecular weight excluding hydrogens is 252 g/mol. The summed E-state index contributed by atoms with van der Waals surface area (Å²) in [6, 6.07) is 18.0. The lowest BCUT2D eigenvalue weighted by atomic mass is 10.0. The number of benzene rings is 3. The van der Waals surface area contributed by atoms with Crippen LogP contribution in [0.4, 0.5) is 0 Å². The Balaban J connectivity index is 2.47. The molecule has 0 aliphatic rings. The Kier molecular flexibility index (Phi) is 2.61. The predicted octanol–water partition coefficient (Wildman–Crippen LogP) is 4.25. The quantitative estimate of drug-likeness (QED) is 0.472. The summed E-state index contributed by atoms with van der Waals surface area (Å²) in [6.07, 6.45) is 0. The maximum atomic E-state index is 11.5. The van der Waals surface area contributed by atoms with E-state index in [1.165, 1.54) is 5.39 Å². The molecule has 1 unspecified atom stereocenters. The molecule has 0 aliphatic carbocycles. The average Bonchev–Trinajstić information content (AvgIpc) is 2.35. The first-order chi connectivity index (χ1) is 8.25. The number of hydrogen-bond acceptors (Lipinski definition) is 1. The first-order valence-electron chi connectivity index (χ1n) is 5.25. The maximum absolute atomic E-state index is 11.5. The Morgan fingerprint density at radius 1 is 0.824 bits per heavy atom. The van der Waals surface area contributed by atoms with Gasteiger partial charge in [0.2, 0.25) is 0 Å². The van der Waals surface area contributed by atoms with Gasteiger partial charge in [-0.2, -0.15) is 0 Å². The van der Waals surface area contributed by atoms with E-state index in [2.05, 4.69) is 12.1 Å². The summed E-state index contributed by atoms with van der Waals surface area (Å²) in [5.41, 5.74) is 0. The fourth-order valence-electron chi connectivity index (χ4n) is 2.08. The molecule has 0 fully saturated rings. The minimum absolute atomic E-state index is 0.676. The summed E-state index contributed by atoms with van der Waals surface area (Å²) in [4.78, 5) is 0.676. The van der Waals surface area contributed by atoms with Crippen molar-refractivity contribution in [3.8, 4) is 0 Å². The molecule has 0 radical (unpaired) electrons. The van der Waals surface area contributed by atoms with Gasteiger partial charge < -0.3 is 0 Å². The standard InChI is InChI=1S/C14H9ClOS/c15-17(16)14-7-3-6-12-8-10-4-1-2-5-11(10)9-13(12)14/h1-9H. The zero-order chi connectivity index (χ0) is 11.8. The van der Waals surface area contributed by atoms with Gasteiger partial charge in [0.1, 0.15) is 10.0 Å². The van der Waals surface area contributed by atoms with Gasteiger partial charge in [0.15, 0.2) is 0 Å². The Labute approximate surface area is 106 Å². The summed E-state index contributed by atoms with van der Waals surface area (Å²) in [6.45, 7) is 0. The zero-order valence-corrected chi connectivity index (χ0v) is 10.5. The molecule has 0 aromatic heterocycles. The average molecular weight is 261 g/mol. The van der Waals surface area contributed by atoms with Gasteiger partial charge in [-0.1, -0.05) is 36.4 Å². The van der Waals surface area contributed by atoms with Crippen LogP contribution in [0.25, 0.3) is 21.5 Å². The monoisotopic (exact) mass is 260 g/mol. The third kappa shape index (κ3) is 1.84. The van der Waals surface area contributed by atoms with Crippen molar-refractivity contribution < 1.29 is 4.21 Å². The summed E-state index contributed by atoms with van der Waals surface area (Å²) in [5.74, 6) is 0. The molecule has 1 atom stereocenters. The van der Waals surface area contributed by atoms with Gasteiger partial charge in [0, 0.05) is 0 Å². The third-order valence-corrected chi connectivity index (χ3v) is 4.08. The van der Waals surface area contributed by atoms with Gasteiger partial charge >= 0.3 is 0 Å². The van der Waals surface area contributed by atoms with Crippen LogP contribution >= 0.6 is 10.7 Å². The van der Waals surface area contributed by atoms with Crippen LogP contribution in [0.15, 0.2) is 59.5 Å². The topological polar surface area (TPSA) is 17.1 Å². The van der Waals surface area contributed by atoms with E-state index in [0.717, 1.165) is 16.2 Å². The van der Waals surface area contributed by atoms with Crippen molar-refractivity contribution in [3.05, 3.63) is 54.6 Å². The number of fused-ring (bicyclic) bond motifs is 2. The van der Waals surface area contributed by atoms with Crippen molar-refractivity contribution >= 4 is 42.2 Å². The van der Waals surface area contributed by atoms with Gasteiger partial charge in [-0.25, -0.2) is 4.21 Å². The van der Waals surface area contributed by atoms with Crippen LogP contribution in [0.5, 0.6) is 0 Å². The Bertz CT molecular complexity index is 736. The predicted molar refractivity (Wildman–Crippen MR) is 73.7 cm³/mol. The minimum Gasteiger partial charge on any atom is -0.237 e. The smallest absolute Gasteiger partial charge is 0.148 e. The molecule has 0 spiro atoms. The van der Waals surface area contributed by atoms with E-state index in [0.29, 0.717) is 4.90 Å². The van der Waals surface area contributed by atoms with E-state index in [9.17, 15) is 4.21 Å². The highest BCUT2D eigenvalue weighted by molar-refractivity contribution is 8.08. The number of hydrogen-bond donors (Lipinski definition) is 0. The molecule has 17 heavy (non-hydrogen) atoms. The van der Waals surface area contributed by atoms with Crippen molar-refractivity contribution in [2.45, 2.75) is 4.90 Å². The molecule has 1 nitrogen and oxygen atoms in total. The SMILES string of the molecule is O=S(Cl)c1cccc2cc3ccccc3cc12. The largest absolute Gasteiger partial charge is 0.237 e. The Morgan fingerprint density at radius 3 is 2.18 bits per heavy atom. The van der Waals surface area contributed by atoms with E-state index in [4.69, 9.17) is 10.7 Å². The molecule has 0 saturated carbocycles. The summed E-state index contributed by atoms with van der Waals surface area (Å²) >= 11 is 0. The molecule has 0 saturated heterocycles. The number of rotatable bonds is 1. The highest BCUT2D eigenvalue weighted by Crippen LogP contribution is 2.28. The maximum Gasteiger partial charge on any atom is 0.148 e. The van der Waals surface area contributed by atoms with Crippen LogP contribution in [0.2, 0.25) is 0 Å². The van der Waals surface area contributed by atoms with E-state index in [-0.39, 0.29) is 0 Å². The van der Waals surface area contributed by atoms with Crippen LogP contribution in [0, 0.1) is 0 Å². The second-order valence-corrected chi connectivity index (χ2v) is 5.63. The molecule has 3 aromatic carbocycles. The van der Waals surface area contributed by atoms with Gasteiger partial charge in [0.05, 0.1) is 4.90 Å². The van der Waals surface area contributed by atoms with Gasteiger partial charge in [-0.05, 0) is 50.4 Å². The molecule has 0 amide bonds. The molecule has 0 bridgehead atoms. The molecule has 0 N–H and O–H groups in total. The second kappa shape index (κ2) is 4.13. The van der Waals surface area contributed by atoms with Gasteiger partial charge in [-0.15, -0.1) is 0 Å². The Hall–Kier alpha value is -1.38. The lowest BCUT2D eigenvalue weighted by Gasteiger charge is -2.05. The summed E-state index contributed by atoms with van der Waals surface area (Å²) in [7, 11) is 4.23. The van der Waals surface area contributed by atoms with Crippen LogP contribution in [0.1, 0.15) is 0 Å². The van der Waals surface area contributed by atoms with E-state index in [1.54, 1.807) is 6.07 Å². The third-order valence-electron chi connectivity index (χ3n) is 2.88. The first kappa shape index (κ1) is 10.8. The Morgan fingerprint density at radius 2 is 1.47 bits per heavy atom. The fourth-order valence-corrected chi connectivity index (χ4v) is 3.02. The minimum atomic E-state index is -1.47. The van der Waals surface area contributed by atoms with Crippen molar-refractivity contribution in [2.24, 2.45) is 0 Å². The van der Waals surface area contributed by atoms with Crippen LogP contribution < -0.4 is 0 Å². The zero-order valence-electron chi connectivity index (χ0n) is 8.89. The van der Waals surface area contributed by atoms with Crippen LogP contribution in [0.3, 0.4) is 0 Å². The molecule has 84 valence electrons. The lowest BCUT2D eigenvalue weighted by Crippen LogP contribution is -1.85.